The molecule has 10 nitrogen and oxygen atoms in total. The van der Waals surface area contributed by atoms with Gasteiger partial charge in [-0.1, -0.05) is 0 Å². The van der Waals surface area contributed by atoms with E-state index < -0.39 is 24.3 Å². The molecule has 0 saturated heterocycles. The van der Waals surface area contributed by atoms with Crippen molar-refractivity contribution in [1.82, 2.24) is 19.4 Å². The van der Waals surface area contributed by atoms with Gasteiger partial charge < -0.3 is 23.6 Å². The molecule has 0 aliphatic carbocycles. The van der Waals surface area contributed by atoms with Crippen molar-refractivity contribution in [3.05, 3.63) is 65.5 Å². The van der Waals surface area contributed by atoms with Crippen molar-refractivity contribution in [1.29, 1.82) is 0 Å². The summed E-state index contributed by atoms with van der Waals surface area (Å²) in [6.45, 7) is 7.29. The van der Waals surface area contributed by atoms with E-state index in [1.807, 2.05) is 25.1 Å². The molecule has 39 heavy (non-hydrogen) atoms. The smallest absolute Gasteiger partial charge is 0.475 e. The Hall–Kier alpha value is -3.79. The van der Waals surface area contributed by atoms with Crippen LogP contribution in [0.4, 0.5) is 26.3 Å². The minimum absolute atomic E-state index is 0.791. The van der Waals surface area contributed by atoms with Crippen LogP contribution in [0.25, 0.3) is 0 Å². The van der Waals surface area contributed by atoms with Crippen molar-refractivity contribution in [2.24, 2.45) is 0 Å². The summed E-state index contributed by atoms with van der Waals surface area (Å²) in [6.07, 6.45) is -6.27. The first-order chi connectivity index (χ1) is 18.0. The maximum atomic E-state index is 10.6. The fraction of sp³-hybridized carbons (Fsp3) is 0.435. The number of halogens is 6. The minimum atomic E-state index is -5.08. The zero-order chi connectivity index (χ0) is 29.4. The van der Waals surface area contributed by atoms with Crippen LogP contribution in [-0.2, 0) is 42.3 Å². The summed E-state index contributed by atoms with van der Waals surface area (Å²) in [6, 6.07) is 8.01. The van der Waals surface area contributed by atoms with Crippen LogP contribution in [0.1, 0.15) is 28.8 Å². The highest BCUT2D eigenvalue weighted by Crippen LogP contribution is 2.18. The molecule has 1 aliphatic heterocycles. The quantitative estimate of drug-likeness (QED) is 0.419. The van der Waals surface area contributed by atoms with Gasteiger partial charge in [-0.3, -0.25) is 9.80 Å². The molecule has 0 bridgehead atoms. The van der Waals surface area contributed by atoms with E-state index in [0.29, 0.717) is 0 Å². The molecule has 0 atom stereocenters. The van der Waals surface area contributed by atoms with Crippen LogP contribution in [0.5, 0.6) is 0 Å². The van der Waals surface area contributed by atoms with E-state index in [2.05, 4.69) is 33.7 Å². The van der Waals surface area contributed by atoms with E-state index in [0.717, 1.165) is 68.1 Å². The Bertz CT molecular complexity index is 1180. The molecule has 4 heterocycles. The Morgan fingerprint density at radius 2 is 1.62 bits per heavy atom. The number of aryl methyl sites for hydroxylation is 1. The van der Waals surface area contributed by atoms with Gasteiger partial charge in [0.05, 0.1) is 31.6 Å². The second kappa shape index (κ2) is 13.3. The molecule has 3 aromatic rings. The Morgan fingerprint density at radius 3 is 2.10 bits per heavy atom. The predicted molar refractivity (Wildman–Crippen MR) is 121 cm³/mol. The van der Waals surface area contributed by atoms with Gasteiger partial charge in [0.15, 0.2) is 0 Å². The van der Waals surface area contributed by atoms with E-state index in [9.17, 15) is 26.3 Å². The number of imidazole rings is 1. The number of alkyl halides is 6. The molecule has 3 aromatic heterocycles. The summed E-state index contributed by atoms with van der Waals surface area (Å²) in [5.41, 5.74) is 1.11. The summed E-state index contributed by atoms with van der Waals surface area (Å²) in [7, 11) is 2.09. The van der Waals surface area contributed by atoms with Crippen molar-refractivity contribution < 1.29 is 55.0 Å². The summed E-state index contributed by atoms with van der Waals surface area (Å²) in [4.78, 5) is 27.2. The number of rotatable bonds is 6. The summed E-state index contributed by atoms with van der Waals surface area (Å²) < 4.78 is 76.9. The average molecular weight is 568 g/mol. The van der Waals surface area contributed by atoms with Crippen LogP contribution in [0.2, 0.25) is 0 Å². The van der Waals surface area contributed by atoms with Gasteiger partial charge in [0.1, 0.15) is 23.1 Å². The highest BCUT2D eigenvalue weighted by Gasteiger charge is 2.38. The number of nitrogens with zero attached hydrogens (tertiary/aromatic N) is 4. The number of furan rings is 2. The first kappa shape index (κ1) is 31.4. The third kappa shape index (κ3) is 10.8. The highest BCUT2D eigenvalue weighted by atomic mass is 19.4. The lowest BCUT2D eigenvalue weighted by molar-refractivity contribution is -0.193. The SMILES string of the molecule is Cc1ccc(CN2CCn3cc(CN(C)Cc4ccco4)nc3C2)o1.O=C(O)C(F)(F)F.O=C(O)C(F)(F)F. The van der Waals surface area contributed by atoms with Gasteiger partial charge in [-0.2, -0.15) is 26.3 Å². The molecule has 0 radical (unpaired) electrons. The Kier molecular flexibility index (Phi) is 10.7. The molecule has 0 unspecified atom stereocenters. The van der Waals surface area contributed by atoms with Gasteiger partial charge in [-0.25, -0.2) is 14.6 Å². The maximum Gasteiger partial charge on any atom is 0.490 e. The van der Waals surface area contributed by atoms with Crippen molar-refractivity contribution in [2.75, 3.05) is 13.6 Å². The molecule has 0 aromatic carbocycles. The molecule has 0 amide bonds. The van der Waals surface area contributed by atoms with Crippen LogP contribution in [-0.4, -0.2) is 67.4 Å². The van der Waals surface area contributed by atoms with Crippen LogP contribution < -0.4 is 0 Å². The maximum absolute atomic E-state index is 10.6. The van der Waals surface area contributed by atoms with Gasteiger partial charge in [-0.05, 0) is 38.2 Å². The number of hydrogen-bond acceptors (Lipinski definition) is 7. The topological polar surface area (TPSA) is 125 Å². The fourth-order valence-electron chi connectivity index (χ4n) is 3.36. The van der Waals surface area contributed by atoms with Crippen LogP contribution in [0.3, 0.4) is 0 Å². The van der Waals surface area contributed by atoms with Crippen LogP contribution in [0, 0.1) is 6.92 Å². The highest BCUT2D eigenvalue weighted by molar-refractivity contribution is 5.73. The number of hydrogen-bond donors (Lipinski definition) is 2. The number of aromatic nitrogens is 2. The normalized spacial score (nSPS) is 13.7. The Labute approximate surface area is 218 Å². The summed E-state index contributed by atoms with van der Waals surface area (Å²) >= 11 is 0. The third-order valence-electron chi connectivity index (χ3n) is 5.03. The van der Waals surface area contributed by atoms with Crippen molar-refractivity contribution >= 4 is 11.9 Å². The van der Waals surface area contributed by atoms with E-state index >= 15 is 0 Å². The van der Waals surface area contributed by atoms with Gasteiger partial charge in [0.2, 0.25) is 0 Å². The number of carboxylic acids is 2. The fourth-order valence-corrected chi connectivity index (χ4v) is 3.36. The molecule has 0 saturated carbocycles. The van der Waals surface area contributed by atoms with Crippen LogP contribution in [0.15, 0.2) is 45.6 Å². The number of carboxylic acid groups (broad SMARTS) is 2. The molecular formula is C23H26F6N4O6. The minimum Gasteiger partial charge on any atom is -0.475 e. The standard InChI is InChI=1S/C19H24N4O2.2C2HF3O2/c1-15-5-6-18(25-15)13-22-7-8-23-11-16(20-19(23)14-22)10-21(2)12-17-4-3-9-24-17;2*3-2(4,5)1(6)7/h3-6,9,11H,7-8,10,12-14H2,1-2H3;2*(H,6,7). The van der Waals surface area contributed by atoms with E-state index in [4.69, 9.17) is 33.6 Å². The molecule has 0 spiro atoms. The lowest BCUT2D eigenvalue weighted by Crippen LogP contribution is -2.33. The van der Waals surface area contributed by atoms with Gasteiger partial charge >= 0.3 is 24.3 Å². The zero-order valence-electron chi connectivity index (χ0n) is 20.8. The van der Waals surface area contributed by atoms with Crippen LogP contribution >= 0.6 is 0 Å². The molecule has 2 N–H and O–H groups in total. The van der Waals surface area contributed by atoms with Crippen molar-refractivity contribution in [3.63, 3.8) is 0 Å². The lowest BCUT2D eigenvalue weighted by Gasteiger charge is -2.26. The van der Waals surface area contributed by atoms with Gasteiger partial charge in [0, 0.05) is 25.8 Å². The van der Waals surface area contributed by atoms with Gasteiger partial charge in [0.25, 0.3) is 0 Å². The summed E-state index contributed by atoms with van der Waals surface area (Å²) in [5, 5.41) is 14.2. The largest absolute Gasteiger partial charge is 0.490 e. The first-order valence-electron chi connectivity index (χ1n) is 11.2. The van der Waals surface area contributed by atoms with E-state index in [1.165, 1.54) is 0 Å². The molecule has 0 fully saturated rings. The second-order valence-corrected chi connectivity index (χ2v) is 8.42. The number of aliphatic carboxylic acids is 2. The Morgan fingerprint density at radius 1 is 1.00 bits per heavy atom. The van der Waals surface area contributed by atoms with Gasteiger partial charge in [-0.15, -0.1) is 0 Å². The monoisotopic (exact) mass is 568 g/mol. The van der Waals surface area contributed by atoms with Crippen molar-refractivity contribution in [3.8, 4) is 0 Å². The Balaban J connectivity index is 0.000000317. The lowest BCUT2D eigenvalue weighted by atomic mass is 10.3. The predicted octanol–water partition coefficient (Wildman–Crippen LogP) is 4.29. The third-order valence-corrected chi connectivity index (χ3v) is 5.03. The molecular weight excluding hydrogens is 542 g/mol. The number of fused-ring (bicyclic) bond motifs is 1. The molecule has 216 valence electrons. The number of carbonyl (C=O) groups is 2. The first-order valence-corrected chi connectivity index (χ1v) is 11.2. The van der Waals surface area contributed by atoms with E-state index in [1.54, 1.807) is 6.26 Å². The molecule has 1 aliphatic rings. The molecule has 16 heteroatoms. The van der Waals surface area contributed by atoms with E-state index in [-0.39, 0.29) is 0 Å². The second-order valence-electron chi connectivity index (χ2n) is 8.42. The van der Waals surface area contributed by atoms with Crippen molar-refractivity contribution in [2.45, 2.75) is 52.0 Å². The summed E-state index contributed by atoms with van der Waals surface area (Å²) in [5.74, 6) is -1.41. The zero-order valence-corrected chi connectivity index (χ0v) is 20.8. The molecule has 4 rings (SSSR count). The average Bonchev–Trinajstić information content (AvgIpc) is 3.54.